The molecule has 1 saturated carbocycles. The Morgan fingerprint density at radius 3 is 2.67 bits per heavy atom. The molecule has 2 heterocycles. The molecule has 1 aromatic heterocycles. The maximum atomic E-state index is 5.76. The highest BCUT2D eigenvalue weighted by Gasteiger charge is 2.26. The zero-order chi connectivity index (χ0) is 12.4. The van der Waals surface area contributed by atoms with Crippen LogP contribution in [0.4, 0.5) is 5.69 Å². The number of nitrogens with two attached hydrogens (primary N) is 1. The molecule has 0 bridgehead atoms. The summed E-state index contributed by atoms with van der Waals surface area (Å²) in [5, 5.41) is 0. The number of hydrogen-bond acceptors (Lipinski definition) is 4. The van der Waals surface area contributed by atoms with Gasteiger partial charge in [-0.1, -0.05) is 0 Å². The fourth-order valence-electron chi connectivity index (χ4n) is 2.71. The Kier molecular flexibility index (Phi) is 3.48. The van der Waals surface area contributed by atoms with Crippen LogP contribution in [0.15, 0.2) is 18.3 Å². The van der Waals surface area contributed by atoms with E-state index in [0.717, 1.165) is 24.7 Å². The third-order valence-electron chi connectivity index (χ3n) is 3.99. The van der Waals surface area contributed by atoms with Crippen LogP contribution in [0, 0.1) is 5.92 Å². The molecule has 0 atom stereocenters. The summed E-state index contributed by atoms with van der Waals surface area (Å²) >= 11 is 0. The lowest BCUT2D eigenvalue weighted by Gasteiger charge is -2.36. The van der Waals surface area contributed by atoms with Crippen molar-refractivity contribution in [3.8, 4) is 0 Å². The molecule has 1 aromatic rings. The van der Waals surface area contributed by atoms with Crippen LogP contribution in [0.5, 0.6) is 0 Å². The second-order valence-corrected chi connectivity index (χ2v) is 5.40. The summed E-state index contributed by atoms with van der Waals surface area (Å²) in [6.07, 6.45) is 4.72. The van der Waals surface area contributed by atoms with Gasteiger partial charge < -0.3 is 10.6 Å². The van der Waals surface area contributed by atoms with E-state index in [2.05, 4.69) is 20.9 Å². The molecule has 1 aliphatic carbocycles. The Morgan fingerprint density at radius 1 is 1.22 bits per heavy atom. The largest absolute Gasteiger partial charge is 0.367 e. The van der Waals surface area contributed by atoms with Crippen molar-refractivity contribution in [1.29, 1.82) is 0 Å². The number of pyridine rings is 1. The van der Waals surface area contributed by atoms with Crippen LogP contribution in [0.25, 0.3) is 0 Å². The Hall–Kier alpha value is -1.13. The van der Waals surface area contributed by atoms with Gasteiger partial charge in [0.15, 0.2) is 0 Å². The normalized spacial score (nSPS) is 21.3. The summed E-state index contributed by atoms with van der Waals surface area (Å²) in [4.78, 5) is 9.40. The van der Waals surface area contributed by atoms with E-state index in [-0.39, 0.29) is 0 Å². The first-order valence-electron chi connectivity index (χ1n) is 6.98. The van der Waals surface area contributed by atoms with Crippen molar-refractivity contribution in [1.82, 2.24) is 9.88 Å². The molecule has 1 saturated heterocycles. The van der Waals surface area contributed by atoms with Crippen molar-refractivity contribution < 1.29 is 0 Å². The van der Waals surface area contributed by atoms with Crippen molar-refractivity contribution in [2.75, 3.05) is 37.6 Å². The fraction of sp³-hybridized carbons (Fsp3) is 0.643. The SMILES string of the molecule is NCc1ncccc1N1CCN(CC2CC2)CC1. The molecule has 1 aliphatic heterocycles. The van der Waals surface area contributed by atoms with Gasteiger partial charge in [0.25, 0.3) is 0 Å². The van der Waals surface area contributed by atoms with Gasteiger partial charge in [0.1, 0.15) is 0 Å². The molecule has 3 rings (SSSR count). The van der Waals surface area contributed by atoms with Crippen molar-refractivity contribution in [3.05, 3.63) is 24.0 Å². The van der Waals surface area contributed by atoms with Crippen molar-refractivity contribution in [2.45, 2.75) is 19.4 Å². The standard InChI is InChI=1S/C14H22N4/c15-10-13-14(2-1-5-16-13)18-8-6-17(7-9-18)11-12-3-4-12/h1-2,5,12H,3-4,6-11,15H2. The van der Waals surface area contributed by atoms with Crippen LogP contribution in [-0.2, 0) is 6.54 Å². The molecule has 18 heavy (non-hydrogen) atoms. The second kappa shape index (κ2) is 5.24. The number of anilines is 1. The third-order valence-corrected chi connectivity index (χ3v) is 3.99. The first-order chi connectivity index (χ1) is 8.86. The number of aromatic nitrogens is 1. The average Bonchev–Trinajstić information content (AvgIpc) is 3.24. The summed E-state index contributed by atoms with van der Waals surface area (Å²) in [6, 6.07) is 4.15. The highest BCUT2D eigenvalue weighted by molar-refractivity contribution is 5.50. The molecule has 0 radical (unpaired) electrons. The Balaban J connectivity index is 1.60. The predicted molar refractivity (Wildman–Crippen MR) is 73.5 cm³/mol. The number of hydrogen-bond donors (Lipinski definition) is 1. The Labute approximate surface area is 109 Å². The highest BCUT2D eigenvalue weighted by Crippen LogP contribution is 2.30. The average molecular weight is 246 g/mol. The Morgan fingerprint density at radius 2 is 2.00 bits per heavy atom. The van der Waals surface area contributed by atoms with Gasteiger partial charge in [0.2, 0.25) is 0 Å². The van der Waals surface area contributed by atoms with Crippen LogP contribution in [0.1, 0.15) is 18.5 Å². The van der Waals surface area contributed by atoms with Crippen molar-refractivity contribution >= 4 is 5.69 Å². The third kappa shape index (κ3) is 2.65. The molecule has 0 spiro atoms. The van der Waals surface area contributed by atoms with Crippen LogP contribution < -0.4 is 10.6 Å². The summed E-state index contributed by atoms with van der Waals surface area (Å²) in [5.74, 6) is 0.995. The highest BCUT2D eigenvalue weighted by atomic mass is 15.3. The van der Waals surface area contributed by atoms with Crippen LogP contribution in [-0.4, -0.2) is 42.6 Å². The lowest BCUT2D eigenvalue weighted by molar-refractivity contribution is 0.248. The Bertz CT molecular complexity index is 395. The van der Waals surface area contributed by atoms with Gasteiger partial charge >= 0.3 is 0 Å². The van der Waals surface area contributed by atoms with Gasteiger partial charge in [-0.15, -0.1) is 0 Å². The molecule has 0 unspecified atom stereocenters. The number of piperazine rings is 1. The molecule has 98 valence electrons. The minimum absolute atomic E-state index is 0.526. The van der Waals surface area contributed by atoms with Gasteiger partial charge in [0, 0.05) is 45.5 Å². The van der Waals surface area contributed by atoms with Crippen molar-refractivity contribution in [2.24, 2.45) is 11.7 Å². The van der Waals surface area contributed by atoms with Gasteiger partial charge in [-0.3, -0.25) is 9.88 Å². The first kappa shape index (κ1) is 11.9. The predicted octanol–water partition coefficient (Wildman–Crippen LogP) is 1.07. The molecule has 2 N–H and O–H groups in total. The van der Waals surface area contributed by atoms with E-state index in [1.165, 1.54) is 38.2 Å². The van der Waals surface area contributed by atoms with Crippen LogP contribution in [0.2, 0.25) is 0 Å². The molecular weight excluding hydrogens is 224 g/mol. The lowest BCUT2D eigenvalue weighted by Crippen LogP contribution is -2.47. The maximum Gasteiger partial charge on any atom is 0.0772 e. The molecule has 2 aliphatic rings. The summed E-state index contributed by atoms with van der Waals surface area (Å²) in [6.45, 7) is 6.39. The van der Waals surface area contributed by atoms with E-state index in [1.54, 1.807) is 0 Å². The van der Waals surface area contributed by atoms with Gasteiger partial charge in [-0.25, -0.2) is 0 Å². The quantitative estimate of drug-likeness (QED) is 0.863. The molecule has 0 amide bonds. The molecule has 4 nitrogen and oxygen atoms in total. The van der Waals surface area contributed by atoms with Gasteiger partial charge in [0.05, 0.1) is 11.4 Å². The summed E-state index contributed by atoms with van der Waals surface area (Å²) < 4.78 is 0. The van der Waals surface area contributed by atoms with Crippen LogP contribution >= 0.6 is 0 Å². The van der Waals surface area contributed by atoms with Crippen molar-refractivity contribution in [3.63, 3.8) is 0 Å². The second-order valence-electron chi connectivity index (χ2n) is 5.40. The zero-order valence-electron chi connectivity index (χ0n) is 10.9. The van der Waals surface area contributed by atoms with E-state index in [1.807, 2.05) is 12.3 Å². The number of nitrogens with zero attached hydrogens (tertiary/aromatic N) is 3. The molecule has 2 fully saturated rings. The van der Waals surface area contributed by atoms with Gasteiger partial charge in [-0.05, 0) is 30.9 Å². The smallest absolute Gasteiger partial charge is 0.0772 e. The van der Waals surface area contributed by atoms with E-state index in [9.17, 15) is 0 Å². The summed E-state index contributed by atoms with van der Waals surface area (Å²) in [5.41, 5.74) is 8.01. The maximum absolute atomic E-state index is 5.76. The zero-order valence-corrected chi connectivity index (χ0v) is 10.9. The fourth-order valence-corrected chi connectivity index (χ4v) is 2.71. The van der Waals surface area contributed by atoms with E-state index < -0.39 is 0 Å². The van der Waals surface area contributed by atoms with Crippen LogP contribution in [0.3, 0.4) is 0 Å². The van der Waals surface area contributed by atoms with E-state index in [0.29, 0.717) is 6.54 Å². The topological polar surface area (TPSA) is 45.4 Å². The molecule has 4 heteroatoms. The van der Waals surface area contributed by atoms with E-state index >= 15 is 0 Å². The first-order valence-corrected chi connectivity index (χ1v) is 6.98. The van der Waals surface area contributed by atoms with Gasteiger partial charge in [-0.2, -0.15) is 0 Å². The number of rotatable bonds is 4. The lowest BCUT2D eigenvalue weighted by atomic mass is 10.2. The molecular formula is C14H22N4. The minimum Gasteiger partial charge on any atom is -0.367 e. The summed E-state index contributed by atoms with van der Waals surface area (Å²) in [7, 11) is 0. The van der Waals surface area contributed by atoms with E-state index in [4.69, 9.17) is 5.73 Å². The molecule has 0 aromatic carbocycles. The minimum atomic E-state index is 0.526. The monoisotopic (exact) mass is 246 g/mol.